The number of nitrogens with one attached hydrogen (secondary N) is 3. The Balaban J connectivity index is 2.19. The van der Waals surface area contributed by atoms with E-state index in [4.69, 9.17) is 0 Å². The topological polar surface area (TPSA) is 82.2 Å². The summed E-state index contributed by atoms with van der Waals surface area (Å²) < 4.78 is 39.4. The van der Waals surface area contributed by atoms with E-state index in [1.54, 1.807) is 24.3 Å². The van der Waals surface area contributed by atoms with Gasteiger partial charge in [-0.05, 0) is 38.4 Å². The number of carbonyl (C=O) groups excluding carboxylic acids is 1. The highest BCUT2D eigenvalue weighted by Gasteiger charge is 2.33. The van der Waals surface area contributed by atoms with Crippen LogP contribution in [0.2, 0.25) is 0 Å². The van der Waals surface area contributed by atoms with E-state index in [0.717, 1.165) is 6.07 Å². The third-order valence-electron chi connectivity index (χ3n) is 3.34. The molecule has 27 heavy (non-hydrogen) atoms. The summed E-state index contributed by atoms with van der Waals surface area (Å²) in [7, 11) is 3.71. The highest BCUT2D eigenvalue weighted by atomic mass is 19.4. The van der Waals surface area contributed by atoms with Gasteiger partial charge in [0.2, 0.25) is 11.9 Å². The lowest BCUT2D eigenvalue weighted by molar-refractivity contribution is -0.141. The molecule has 0 aliphatic rings. The molecule has 10 heteroatoms. The average Bonchev–Trinajstić information content (AvgIpc) is 2.55. The van der Waals surface area contributed by atoms with Crippen LogP contribution in [-0.4, -0.2) is 48.0 Å². The molecule has 3 N–H and O–H groups in total. The molecule has 1 heterocycles. The average molecular weight is 382 g/mol. The van der Waals surface area contributed by atoms with E-state index < -0.39 is 11.9 Å². The van der Waals surface area contributed by atoms with Gasteiger partial charge in [-0.2, -0.15) is 18.2 Å². The smallest absolute Gasteiger partial charge is 0.353 e. The zero-order valence-corrected chi connectivity index (χ0v) is 15.2. The molecule has 1 aromatic carbocycles. The number of alkyl halides is 3. The van der Waals surface area contributed by atoms with Gasteiger partial charge < -0.3 is 20.9 Å². The minimum atomic E-state index is -4.59. The lowest BCUT2D eigenvalue weighted by Crippen LogP contribution is -2.22. The molecular weight excluding hydrogens is 361 g/mol. The zero-order valence-electron chi connectivity index (χ0n) is 15.2. The van der Waals surface area contributed by atoms with Crippen molar-refractivity contribution < 1.29 is 18.0 Å². The molecule has 0 aliphatic heterocycles. The van der Waals surface area contributed by atoms with Crippen molar-refractivity contribution in [3.63, 3.8) is 0 Å². The Kier molecular flexibility index (Phi) is 6.56. The van der Waals surface area contributed by atoms with Gasteiger partial charge in [-0.15, -0.1) is 0 Å². The van der Waals surface area contributed by atoms with Gasteiger partial charge in [0.25, 0.3) is 0 Å². The van der Waals surface area contributed by atoms with Crippen LogP contribution < -0.4 is 16.0 Å². The van der Waals surface area contributed by atoms with E-state index in [-0.39, 0.29) is 17.7 Å². The Morgan fingerprint density at radius 2 is 1.74 bits per heavy atom. The number of rotatable bonds is 7. The Morgan fingerprint density at radius 1 is 1.11 bits per heavy atom. The summed E-state index contributed by atoms with van der Waals surface area (Å²) in [6.45, 7) is 2.41. The number of anilines is 4. The van der Waals surface area contributed by atoms with Crippen LogP contribution in [0.3, 0.4) is 0 Å². The van der Waals surface area contributed by atoms with Crippen LogP contribution in [-0.2, 0) is 11.0 Å². The van der Waals surface area contributed by atoms with Crippen LogP contribution in [0.4, 0.5) is 36.3 Å². The molecule has 2 aromatic rings. The van der Waals surface area contributed by atoms with Crippen LogP contribution in [0.25, 0.3) is 0 Å². The molecule has 1 amide bonds. The molecule has 2 rings (SSSR count). The van der Waals surface area contributed by atoms with E-state index in [2.05, 4.69) is 25.9 Å². The third kappa shape index (κ3) is 6.74. The normalized spacial score (nSPS) is 11.4. The quantitative estimate of drug-likeness (QED) is 0.682. The summed E-state index contributed by atoms with van der Waals surface area (Å²) in [5, 5.41) is 8.23. The van der Waals surface area contributed by atoms with Gasteiger partial charge in [-0.3, -0.25) is 4.79 Å². The second kappa shape index (κ2) is 8.67. The first kappa shape index (κ1) is 20.4. The maximum Gasteiger partial charge on any atom is 0.433 e. The standard InChI is InChI=1S/C17H21F3N6O/c1-11(27)22-12-4-6-13(7-5-12)23-15-10-14(17(18,19)20)24-16(25-15)21-8-9-26(2)3/h4-7,10H,8-9H2,1-3H3,(H,22,27)(H2,21,23,24,25). The Hall–Kier alpha value is -2.88. The molecule has 7 nitrogen and oxygen atoms in total. The van der Waals surface area contributed by atoms with Gasteiger partial charge >= 0.3 is 6.18 Å². The Bertz CT molecular complexity index is 777. The number of nitrogens with zero attached hydrogens (tertiary/aromatic N) is 3. The molecule has 0 unspecified atom stereocenters. The van der Waals surface area contributed by atoms with Crippen LogP contribution in [0.15, 0.2) is 30.3 Å². The molecule has 0 spiro atoms. The lowest BCUT2D eigenvalue weighted by Gasteiger charge is -2.14. The molecule has 0 radical (unpaired) electrons. The fourth-order valence-corrected chi connectivity index (χ4v) is 2.11. The van der Waals surface area contributed by atoms with Crippen LogP contribution in [0.1, 0.15) is 12.6 Å². The molecule has 0 atom stereocenters. The molecule has 0 saturated heterocycles. The van der Waals surface area contributed by atoms with Crippen molar-refractivity contribution in [3.8, 4) is 0 Å². The minimum Gasteiger partial charge on any atom is -0.353 e. The highest BCUT2D eigenvalue weighted by molar-refractivity contribution is 5.88. The summed E-state index contributed by atoms with van der Waals surface area (Å²) in [4.78, 5) is 20.5. The molecule has 0 aliphatic carbocycles. The third-order valence-corrected chi connectivity index (χ3v) is 3.34. The van der Waals surface area contributed by atoms with Crippen LogP contribution in [0, 0.1) is 0 Å². The summed E-state index contributed by atoms with van der Waals surface area (Å²) in [5.74, 6) is -0.309. The van der Waals surface area contributed by atoms with E-state index in [1.807, 2.05) is 19.0 Å². The first-order chi connectivity index (χ1) is 12.6. The maximum atomic E-state index is 13.1. The Morgan fingerprint density at radius 3 is 2.30 bits per heavy atom. The predicted octanol–water partition coefficient (Wildman–Crippen LogP) is 3.17. The zero-order chi connectivity index (χ0) is 20.0. The number of hydrogen-bond acceptors (Lipinski definition) is 6. The lowest BCUT2D eigenvalue weighted by atomic mass is 10.2. The van der Waals surface area contributed by atoms with Crippen molar-refractivity contribution in [1.29, 1.82) is 0 Å². The van der Waals surface area contributed by atoms with Gasteiger partial charge in [0.1, 0.15) is 5.82 Å². The van der Waals surface area contributed by atoms with Gasteiger partial charge in [-0.1, -0.05) is 0 Å². The number of hydrogen-bond donors (Lipinski definition) is 3. The number of carbonyl (C=O) groups is 1. The monoisotopic (exact) mass is 382 g/mol. The molecule has 146 valence electrons. The van der Waals surface area contributed by atoms with E-state index in [1.165, 1.54) is 6.92 Å². The summed E-state index contributed by atoms with van der Waals surface area (Å²) in [5.41, 5.74) is 0.0650. The molecule has 0 saturated carbocycles. The summed E-state index contributed by atoms with van der Waals surface area (Å²) in [6.07, 6.45) is -4.59. The highest BCUT2D eigenvalue weighted by Crippen LogP contribution is 2.30. The van der Waals surface area contributed by atoms with Crippen LogP contribution in [0.5, 0.6) is 0 Å². The van der Waals surface area contributed by atoms with Crippen LogP contribution >= 0.6 is 0 Å². The van der Waals surface area contributed by atoms with E-state index in [0.29, 0.717) is 24.5 Å². The molecule has 0 bridgehead atoms. The fourth-order valence-electron chi connectivity index (χ4n) is 2.11. The summed E-state index contributed by atoms with van der Waals surface area (Å²) in [6, 6.07) is 7.36. The molecule has 0 fully saturated rings. The van der Waals surface area contributed by atoms with Crippen molar-refractivity contribution in [2.24, 2.45) is 0 Å². The molecule has 1 aromatic heterocycles. The van der Waals surface area contributed by atoms with E-state index >= 15 is 0 Å². The van der Waals surface area contributed by atoms with Crippen molar-refractivity contribution in [2.45, 2.75) is 13.1 Å². The van der Waals surface area contributed by atoms with E-state index in [9.17, 15) is 18.0 Å². The van der Waals surface area contributed by atoms with Gasteiger partial charge in [0, 0.05) is 37.5 Å². The fraction of sp³-hybridized carbons (Fsp3) is 0.353. The molecular formula is C17H21F3N6O. The number of halogens is 3. The van der Waals surface area contributed by atoms with Crippen molar-refractivity contribution >= 4 is 29.0 Å². The minimum absolute atomic E-state index is 0.0111. The van der Waals surface area contributed by atoms with Gasteiger partial charge in [0.15, 0.2) is 5.69 Å². The predicted molar refractivity (Wildman–Crippen MR) is 98.1 cm³/mol. The first-order valence-corrected chi connectivity index (χ1v) is 8.13. The number of amides is 1. The largest absolute Gasteiger partial charge is 0.433 e. The van der Waals surface area contributed by atoms with Gasteiger partial charge in [0.05, 0.1) is 0 Å². The Labute approximate surface area is 155 Å². The van der Waals surface area contributed by atoms with Crippen molar-refractivity contribution in [2.75, 3.05) is 43.1 Å². The second-order valence-corrected chi connectivity index (χ2v) is 6.07. The first-order valence-electron chi connectivity index (χ1n) is 8.13. The summed E-state index contributed by atoms with van der Waals surface area (Å²) >= 11 is 0. The number of benzene rings is 1. The number of aromatic nitrogens is 2. The van der Waals surface area contributed by atoms with Crippen molar-refractivity contribution in [1.82, 2.24) is 14.9 Å². The van der Waals surface area contributed by atoms with Gasteiger partial charge in [-0.25, -0.2) is 4.98 Å². The SMILES string of the molecule is CC(=O)Nc1ccc(Nc2cc(C(F)(F)F)nc(NCCN(C)C)n2)cc1. The maximum absolute atomic E-state index is 13.1. The second-order valence-electron chi connectivity index (χ2n) is 6.07. The number of likely N-dealkylation sites (N-methyl/N-ethyl adjacent to an activating group) is 1. The van der Waals surface area contributed by atoms with Crippen molar-refractivity contribution in [3.05, 3.63) is 36.0 Å².